The number of nitrogens with zero attached hydrogens (tertiary/aromatic N) is 1. The molecular weight excluding hydrogens is 315 g/mol. The monoisotopic (exact) mass is 338 g/mol. The second-order valence-corrected chi connectivity index (χ2v) is 6.45. The Kier molecular flexibility index (Phi) is 5.61. The zero-order valence-electron chi connectivity index (χ0n) is 14.4. The summed E-state index contributed by atoms with van der Waals surface area (Å²) in [5, 5.41) is 3.07. The normalized spacial score (nSPS) is 16.2. The van der Waals surface area contributed by atoms with Crippen LogP contribution in [-0.4, -0.2) is 23.9 Å². The molecule has 1 amide bonds. The minimum absolute atomic E-state index is 0.00755. The number of carbonyl (C=O) groups excluding carboxylic acids is 1. The first-order valence-corrected chi connectivity index (χ1v) is 8.63. The smallest absolute Gasteiger partial charge is 0.247 e. The summed E-state index contributed by atoms with van der Waals surface area (Å²) in [7, 11) is 0. The van der Waals surface area contributed by atoms with Gasteiger partial charge in [0.05, 0.1) is 6.04 Å². The molecule has 1 aliphatic rings. The van der Waals surface area contributed by atoms with Crippen molar-refractivity contribution in [3.05, 3.63) is 83.2 Å². The molecule has 2 aromatic rings. The Hall–Kier alpha value is -2.46. The first-order chi connectivity index (χ1) is 12.1. The highest BCUT2D eigenvalue weighted by Crippen LogP contribution is 2.17. The fourth-order valence-electron chi connectivity index (χ4n) is 3.02. The number of hydrogen-bond acceptors (Lipinski definition) is 2. The van der Waals surface area contributed by atoms with Crippen molar-refractivity contribution < 1.29 is 9.18 Å². The van der Waals surface area contributed by atoms with E-state index in [0.29, 0.717) is 0 Å². The predicted molar refractivity (Wildman–Crippen MR) is 97.4 cm³/mol. The fourth-order valence-corrected chi connectivity index (χ4v) is 3.02. The van der Waals surface area contributed by atoms with E-state index in [9.17, 15) is 9.18 Å². The summed E-state index contributed by atoms with van der Waals surface area (Å²) in [6, 6.07) is 16.5. The van der Waals surface area contributed by atoms with E-state index in [1.807, 2.05) is 55.5 Å². The number of hydrogen-bond donors (Lipinski definition) is 1. The first kappa shape index (κ1) is 17.4. The lowest BCUT2D eigenvalue weighted by atomic mass is 10.0. The van der Waals surface area contributed by atoms with Gasteiger partial charge in [-0.15, -0.1) is 0 Å². The second kappa shape index (κ2) is 8.08. The Labute approximate surface area is 148 Å². The van der Waals surface area contributed by atoms with Crippen LogP contribution in [0.2, 0.25) is 0 Å². The SMILES string of the molecule is C[C@H](NC(=O)C1=CCN(Cc2ccc(F)cc2)CC1)c1ccccc1. The van der Waals surface area contributed by atoms with Crippen LogP contribution in [0, 0.1) is 5.82 Å². The average Bonchev–Trinajstić information content (AvgIpc) is 2.65. The van der Waals surface area contributed by atoms with E-state index in [-0.39, 0.29) is 17.8 Å². The molecule has 1 atom stereocenters. The van der Waals surface area contributed by atoms with Gasteiger partial charge < -0.3 is 5.32 Å². The lowest BCUT2D eigenvalue weighted by Gasteiger charge is -2.26. The van der Waals surface area contributed by atoms with Crippen molar-refractivity contribution in [2.24, 2.45) is 0 Å². The molecule has 0 aromatic heterocycles. The zero-order valence-corrected chi connectivity index (χ0v) is 14.4. The van der Waals surface area contributed by atoms with Crippen molar-refractivity contribution in [1.29, 1.82) is 0 Å². The van der Waals surface area contributed by atoms with Crippen molar-refractivity contribution in [2.45, 2.75) is 25.9 Å². The first-order valence-electron chi connectivity index (χ1n) is 8.63. The van der Waals surface area contributed by atoms with E-state index < -0.39 is 0 Å². The maximum absolute atomic E-state index is 13.0. The van der Waals surface area contributed by atoms with Gasteiger partial charge in [-0.1, -0.05) is 48.5 Å². The molecule has 25 heavy (non-hydrogen) atoms. The standard InChI is InChI=1S/C21H23FN2O/c1-16(18-5-3-2-4-6-18)23-21(25)19-11-13-24(14-12-19)15-17-7-9-20(22)10-8-17/h2-11,16H,12-15H2,1H3,(H,23,25)/t16-/m0/s1. The highest BCUT2D eigenvalue weighted by Gasteiger charge is 2.18. The lowest BCUT2D eigenvalue weighted by Crippen LogP contribution is -2.34. The molecule has 3 nitrogen and oxygen atoms in total. The van der Waals surface area contributed by atoms with E-state index in [0.717, 1.165) is 42.8 Å². The van der Waals surface area contributed by atoms with Crippen LogP contribution in [0.1, 0.15) is 30.5 Å². The highest BCUT2D eigenvalue weighted by atomic mass is 19.1. The molecule has 0 fully saturated rings. The van der Waals surface area contributed by atoms with Gasteiger partial charge >= 0.3 is 0 Å². The molecule has 1 aliphatic heterocycles. The minimum Gasteiger partial charge on any atom is -0.346 e. The topological polar surface area (TPSA) is 32.3 Å². The lowest BCUT2D eigenvalue weighted by molar-refractivity contribution is -0.118. The van der Waals surface area contributed by atoms with Gasteiger partial charge in [0.2, 0.25) is 5.91 Å². The maximum atomic E-state index is 13.0. The molecule has 0 unspecified atom stereocenters. The number of carbonyl (C=O) groups is 1. The maximum Gasteiger partial charge on any atom is 0.247 e. The molecule has 3 rings (SSSR count). The summed E-state index contributed by atoms with van der Waals surface area (Å²) in [6.07, 6.45) is 2.73. The van der Waals surface area contributed by atoms with Crippen molar-refractivity contribution in [3.8, 4) is 0 Å². The van der Waals surface area contributed by atoms with Gasteiger partial charge in [-0.3, -0.25) is 9.69 Å². The van der Waals surface area contributed by atoms with Crippen molar-refractivity contribution in [3.63, 3.8) is 0 Å². The third kappa shape index (κ3) is 4.77. The molecule has 0 radical (unpaired) electrons. The Balaban J connectivity index is 1.53. The third-order valence-electron chi connectivity index (χ3n) is 4.55. The van der Waals surface area contributed by atoms with Crippen LogP contribution in [0.5, 0.6) is 0 Å². The molecule has 2 aromatic carbocycles. The molecule has 1 heterocycles. The Morgan fingerprint density at radius 2 is 1.88 bits per heavy atom. The van der Waals surface area contributed by atoms with E-state index >= 15 is 0 Å². The molecule has 1 N–H and O–H groups in total. The van der Waals surface area contributed by atoms with Gasteiger partial charge in [0.1, 0.15) is 5.82 Å². The Morgan fingerprint density at radius 3 is 2.52 bits per heavy atom. The van der Waals surface area contributed by atoms with Crippen molar-refractivity contribution in [1.82, 2.24) is 10.2 Å². The van der Waals surface area contributed by atoms with Crippen LogP contribution in [0.25, 0.3) is 0 Å². The van der Waals surface area contributed by atoms with E-state index in [2.05, 4.69) is 10.2 Å². The largest absolute Gasteiger partial charge is 0.346 e. The quantitative estimate of drug-likeness (QED) is 0.898. The zero-order chi connectivity index (χ0) is 17.6. The molecular formula is C21H23FN2O. The Bertz CT molecular complexity index is 740. The van der Waals surface area contributed by atoms with Crippen LogP contribution < -0.4 is 5.32 Å². The third-order valence-corrected chi connectivity index (χ3v) is 4.55. The van der Waals surface area contributed by atoms with Gasteiger partial charge in [0.15, 0.2) is 0 Å². The summed E-state index contributed by atoms with van der Waals surface area (Å²) < 4.78 is 13.0. The average molecular weight is 338 g/mol. The van der Waals surface area contributed by atoms with Crippen molar-refractivity contribution in [2.75, 3.05) is 13.1 Å². The van der Waals surface area contributed by atoms with Gasteiger partial charge in [-0.2, -0.15) is 0 Å². The number of nitrogens with one attached hydrogen (secondary N) is 1. The molecule has 4 heteroatoms. The van der Waals surface area contributed by atoms with Gasteiger partial charge in [-0.25, -0.2) is 4.39 Å². The van der Waals surface area contributed by atoms with E-state index in [4.69, 9.17) is 0 Å². The number of halogens is 1. The fraction of sp³-hybridized carbons (Fsp3) is 0.286. The molecule has 130 valence electrons. The summed E-state index contributed by atoms with van der Waals surface area (Å²) >= 11 is 0. The molecule has 0 spiro atoms. The number of rotatable bonds is 5. The number of amides is 1. The van der Waals surface area contributed by atoms with Crippen LogP contribution >= 0.6 is 0 Å². The Morgan fingerprint density at radius 1 is 1.16 bits per heavy atom. The molecule has 0 aliphatic carbocycles. The van der Waals surface area contributed by atoms with Gasteiger partial charge in [0.25, 0.3) is 0 Å². The molecule has 0 saturated carbocycles. The summed E-state index contributed by atoms with van der Waals surface area (Å²) in [4.78, 5) is 14.7. The van der Waals surface area contributed by atoms with Crippen LogP contribution in [0.4, 0.5) is 4.39 Å². The molecule has 0 bridgehead atoms. The van der Waals surface area contributed by atoms with E-state index in [1.54, 1.807) is 0 Å². The van der Waals surface area contributed by atoms with Crippen LogP contribution in [0.3, 0.4) is 0 Å². The molecule has 0 saturated heterocycles. The highest BCUT2D eigenvalue weighted by molar-refractivity contribution is 5.93. The van der Waals surface area contributed by atoms with Gasteiger partial charge in [0, 0.05) is 25.2 Å². The number of benzene rings is 2. The predicted octanol–water partition coefficient (Wildman–Crippen LogP) is 3.84. The summed E-state index contributed by atoms with van der Waals surface area (Å²) in [6.45, 7) is 4.33. The van der Waals surface area contributed by atoms with Gasteiger partial charge in [-0.05, 0) is 36.6 Å². The van der Waals surface area contributed by atoms with Crippen LogP contribution in [0.15, 0.2) is 66.2 Å². The summed E-state index contributed by atoms with van der Waals surface area (Å²) in [5.41, 5.74) is 3.03. The van der Waals surface area contributed by atoms with Crippen molar-refractivity contribution >= 4 is 5.91 Å². The second-order valence-electron chi connectivity index (χ2n) is 6.45. The summed E-state index contributed by atoms with van der Waals surface area (Å²) in [5.74, 6) is -0.202. The van der Waals surface area contributed by atoms with E-state index in [1.165, 1.54) is 12.1 Å². The minimum atomic E-state index is -0.214. The van der Waals surface area contributed by atoms with Crippen LogP contribution in [-0.2, 0) is 11.3 Å².